The van der Waals surface area contributed by atoms with Crippen molar-refractivity contribution in [3.05, 3.63) is 66.6 Å². The highest BCUT2D eigenvalue weighted by Crippen LogP contribution is 2.39. The van der Waals surface area contributed by atoms with Gasteiger partial charge in [0.1, 0.15) is 5.75 Å². The number of likely N-dealkylation sites (N-methyl/N-ethyl adjacent to an activating group) is 1. The highest BCUT2D eigenvalue weighted by atomic mass is 35.5. The van der Waals surface area contributed by atoms with E-state index in [-0.39, 0.29) is 17.8 Å². The summed E-state index contributed by atoms with van der Waals surface area (Å²) in [6.45, 7) is 6.68. The topological polar surface area (TPSA) is 120 Å². The van der Waals surface area contributed by atoms with E-state index in [0.717, 1.165) is 16.8 Å². The molecule has 3 aromatic heterocycles. The van der Waals surface area contributed by atoms with Crippen molar-refractivity contribution in [2.24, 2.45) is 0 Å². The van der Waals surface area contributed by atoms with Gasteiger partial charge in [-0.15, -0.1) is 0 Å². The lowest BCUT2D eigenvalue weighted by Crippen LogP contribution is -2.49. The molecule has 218 valence electrons. The van der Waals surface area contributed by atoms with Gasteiger partial charge in [0.25, 0.3) is 0 Å². The van der Waals surface area contributed by atoms with Crippen LogP contribution in [0.3, 0.4) is 0 Å². The van der Waals surface area contributed by atoms with Crippen molar-refractivity contribution in [2.75, 3.05) is 69.5 Å². The summed E-state index contributed by atoms with van der Waals surface area (Å²) in [5.74, 6) is 0.535. The van der Waals surface area contributed by atoms with Crippen LogP contribution >= 0.6 is 11.6 Å². The first-order valence-electron chi connectivity index (χ1n) is 13.3. The van der Waals surface area contributed by atoms with Gasteiger partial charge in [0.2, 0.25) is 17.8 Å². The van der Waals surface area contributed by atoms with Crippen LogP contribution in [0, 0.1) is 0 Å². The number of methoxy groups -OCH3 is 1. The third kappa shape index (κ3) is 6.14. The Kier molecular flexibility index (Phi) is 8.55. The average Bonchev–Trinajstić information content (AvgIpc) is 3.42. The monoisotopic (exact) mass is 589 g/mol. The Labute approximate surface area is 248 Å². The van der Waals surface area contributed by atoms with E-state index in [2.05, 4.69) is 42.1 Å². The van der Waals surface area contributed by atoms with E-state index in [4.69, 9.17) is 16.3 Å². The Morgan fingerprint density at radius 3 is 2.64 bits per heavy atom. The standard InChI is InChI=1S/C29H32ClN9O3/c1-5-26(40)33-21-14-22(25(42-4)15-24(21)38-12-10-37(11-13-38)18-27(41)36(2)3)34-29-31-17-20(30)28(35-29)19-16-32-39-9-7-6-8-23(19)39/h5-9,14-17H,1,10-13,18H2,2-4H3,(H,33,40)(H,31,34,35). The minimum absolute atomic E-state index is 0.0636. The van der Waals surface area contributed by atoms with Gasteiger partial charge in [-0.2, -0.15) is 5.10 Å². The van der Waals surface area contributed by atoms with Crippen LogP contribution in [0.25, 0.3) is 16.8 Å². The van der Waals surface area contributed by atoms with Crippen molar-refractivity contribution in [1.29, 1.82) is 0 Å². The fourth-order valence-electron chi connectivity index (χ4n) is 4.71. The first-order valence-corrected chi connectivity index (χ1v) is 13.7. The molecule has 0 spiro atoms. The molecule has 4 aromatic rings. The predicted molar refractivity (Wildman–Crippen MR) is 164 cm³/mol. The lowest BCUT2D eigenvalue weighted by atomic mass is 10.1. The largest absolute Gasteiger partial charge is 0.494 e. The van der Waals surface area contributed by atoms with Gasteiger partial charge in [0.15, 0.2) is 0 Å². The van der Waals surface area contributed by atoms with E-state index >= 15 is 0 Å². The van der Waals surface area contributed by atoms with Crippen LogP contribution in [-0.2, 0) is 9.59 Å². The summed E-state index contributed by atoms with van der Waals surface area (Å²) < 4.78 is 7.49. The number of nitrogens with zero attached hydrogens (tertiary/aromatic N) is 7. The highest BCUT2D eigenvalue weighted by Gasteiger charge is 2.24. The van der Waals surface area contributed by atoms with Gasteiger partial charge in [0, 0.05) is 58.1 Å². The Hall–Kier alpha value is -4.68. The number of piperazine rings is 1. The van der Waals surface area contributed by atoms with Crippen LogP contribution in [0.1, 0.15) is 0 Å². The van der Waals surface area contributed by atoms with Crippen LogP contribution in [0.2, 0.25) is 5.02 Å². The summed E-state index contributed by atoms with van der Waals surface area (Å²) in [5, 5.41) is 10.9. The molecule has 1 saturated heterocycles. The Morgan fingerprint density at radius 1 is 1.14 bits per heavy atom. The summed E-state index contributed by atoms with van der Waals surface area (Å²) >= 11 is 6.51. The molecular weight excluding hydrogens is 558 g/mol. The minimum atomic E-state index is -0.347. The van der Waals surface area contributed by atoms with Gasteiger partial charge in [-0.05, 0) is 24.3 Å². The summed E-state index contributed by atoms with van der Waals surface area (Å²) in [4.78, 5) is 39.5. The molecule has 0 bridgehead atoms. The molecule has 1 aromatic carbocycles. The zero-order valence-corrected chi connectivity index (χ0v) is 24.4. The number of fused-ring (bicyclic) bond motifs is 1. The fourth-order valence-corrected chi connectivity index (χ4v) is 4.91. The molecule has 2 N–H and O–H groups in total. The van der Waals surface area contributed by atoms with Crippen LogP contribution in [0.15, 0.2) is 61.6 Å². The van der Waals surface area contributed by atoms with E-state index in [0.29, 0.717) is 60.6 Å². The molecule has 0 atom stereocenters. The number of ether oxygens (including phenoxy) is 1. The van der Waals surface area contributed by atoms with E-state index in [9.17, 15) is 9.59 Å². The van der Waals surface area contributed by atoms with Gasteiger partial charge in [0.05, 0.1) is 59.3 Å². The molecule has 0 unspecified atom stereocenters. The molecule has 1 aliphatic rings. The number of halogens is 1. The number of aromatic nitrogens is 4. The zero-order valence-electron chi connectivity index (χ0n) is 23.7. The quantitative estimate of drug-likeness (QED) is 0.282. The van der Waals surface area contributed by atoms with Gasteiger partial charge in [-0.25, -0.2) is 14.5 Å². The molecule has 5 rings (SSSR count). The summed E-state index contributed by atoms with van der Waals surface area (Å²) in [6.07, 6.45) is 6.31. The lowest BCUT2D eigenvalue weighted by Gasteiger charge is -2.37. The number of hydrogen-bond acceptors (Lipinski definition) is 9. The molecule has 42 heavy (non-hydrogen) atoms. The van der Waals surface area contributed by atoms with Crippen molar-refractivity contribution in [3.63, 3.8) is 0 Å². The summed E-state index contributed by atoms with van der Waals surface area (Å²) in [7, 11) is 5.08. The number of carbonyl (C=O) groups is 2. The van der Waals surface area contributed by atoms with E-state index in [1.807, 2.05) is 30.5 Å². The molecular formula is C29H32ClN9O3. The number of anilines is 4. The molecule has 13 heteroatoms. The van der Waals surface area contributed by atoms with Crippen molar-refractivity contribution in [1.82, 2.24) is 29.4 Å². The summed E-state index contributed by atoms with van der Waals surface area (Å²) in [6, 6.07) is 9.39. The Bertz CT molecular complexity index is 1630. The fraction of sp³-hybridized carbons (Fsp3) is 0.276. The first kappa shape index (κ1) is 28.8. The third-order valence-electron chi connectivity index (χ3n) is 7.00. The van der Waals surface area contributed by atoms with Crippen molar-refractivity contribution < 1.29 is 14.3 Å². The van der Waals surface area contributed by atoms with Gasteiger partial charge in [-0.1, -0.05) is 24.2 Å². The van der Waals surface area contributed by atoms with Crippen LogP contribution < -0.4 is 20.3 Å². The third-order valence-corrected chi connectivity index (χ3v) is 7.28. The molecule has 2 amide bonds. The minimum Gasteiger partial charge on any atom is -0.494 e. The molecule has 1 fully saturated rings. The molecule has 0 radical (unpaired) electrons. The normalized spacial score (nSPS) is 13.6. The maximum atomic E-state index is 12.4. The van der Waals surface area contributed by atoms with E-state index < -0.39 is 0 Å². The lowest BCUT2D eigenvalue weighted by molar-refractivity contribution is -0.130. The van der Waals surface area contributed by atoms with Crippen molar-refractivity contribution in [3.8, 4) is 17.0 Å². The predicted octanol–water partition coefficient (Wildman–Crippen LogP) is 3.53. The maximum absolute atomic E-state index is 12.4. The van der Waals surface area contributed by atoms with Crippen LogP contribution in [0.5, 0.6) is 5.75 Å². The second-order valence-corrected chi connectivity index (χ2v) is 10.3. The van der Waals surface area contributed by atoms with E-state index in [1.54, 1.807) is 42.9 Å². The number of pyridine rings is 1. The Balaban J connectivity index is 1.44. The average molecular weight is 590 g/mol. The van der Waals surface area contributed by atoms with Crippen LogP contribution in [-0.4, -0.2) is 95.1 Å². The second kappa shape index (κ2) is 12.5. The second-order valence-electron chi connectivity index (χ2n) is 9.92. The molecule has 0 saturated carbocycles. The van der Waals surface area contributed by atoms with E-state index in [1.165, 1.54) is 12.3 Å². The smallest absolute Gasteiger partial charge is 0.247 e. The van der Waals surface area contributed by atoms with Gasteiger partial charge < -0.3 is 25.2 Å². The maximum Gasteiger partial charge on any atom is 0.247 e. The first-order chi connectivity index (χ1) is 20.3. The highest BCUT2D eigenvalue weighted by molar-refractivity contribution is 6.33. The Morgan fingerprint density at radius 2 is 1.93 bits per heavy atom. The van der Waals surface area contributed by atoms with Crippen molar-refractivity contribution >= 4 is 51.9 Å². The molecule has 4 heterocycles. The number of rotatable bonds is 9. The van der Waals surface area contributed by atoms with Crippen molar-refractivity contribution in [2.45, 2.75) is 0 Å². The number of nitrogens with one attached hydrogen (secondary N) is 2. The zero-order chi connectivity index (χ0) is 29.8. The summed E-state index contributed by atoms with van der Waals surface area (Å²) in [5.41, 5.74) is 4.04. The van der Waals surface area contributed by atoms with Gasteiger partial charge in [-0.3, -0.25) is 14.5 Å². The molecule has 12 nitrogen and oxygen atoms in total. The number of benzene rings is 1. The number of amides is 2. The van der Waals surface area contributed by atoms with Crippen LogP contribution in [0.4, 0.5) is 23.0 Å². The number of hydrogen-bond donors (Lipinski definition) is 2. The SMILES string of the molecule is C=CC(=O)Nc1cc(Nc2ncc(Cl)c(-c3cnn4ccccc34)n2)c(OC)cc1N1CCN(CC(=O)N(C)C)CC1. The molecule has 0 aliphatic carbocycles. The number of carbonyl (C=O) groups excluding carboxylic acids is 2. The molecule has 1 aliphatic heterocycles. The van der Waals surface area contributed by atoms with Gasteiger partial charge >= 0.3 is 0 Å².